The first kappa shape index (κ1) is 25.7. The second-order valence-electron chi connectivity index (χ2n) is 6.23. The van der Waals surface area contributed by atoms with Crippen molar-refractivity contribution >= 4 is 51.2 Å². The highest BCUT2D eigenvalue weighted by Crippen LogP contribution is 2.66. The van der Waals surface area contributed by atoms with E-state index >= 15 is 0 Å². The van der Waals surface area contributed by atoms with Crippen LogP contribution >= 0.6 is 22.4 Å². The van der Waals surface area contributed by atoms with Gasteiger partial charge in [0.25, 0.3) is 0 Å². The molecule has 3 rings (SSSR count). The number of methoxy groups -OCH3 is 1. The fourth-order valence-electron chi connectivity index (χ4n) is 2.86. The summed E-state index contributed by atoms with van der Waals surface area (Å²) in [4.78, 5) is 48.5. The van der Waals surface area contributed by atoms with Gasteiger partial charge < -0.3 is 39.9 Å². The number of nitrogens with two attached hydrogens (primary N) is 1. The molecule has 0 amide bonds. The van der Waals surface area contributed by atoms with Crippen molar-refractivity contribution in [3.05, 3.63) is 12.7 Å². The van der Waals surface area contributed by atoms with Crippen molar-refractivity contribution in [1.82, 2.24) is 19.5 Å². The number of aliphatic hydroxyl groups excluding tert-OH is 1. The van der Waals surface area contributed by atoms with Gasteiger partial charge in [0, 0.05) is 7.11 Å². The fourth-order valence-corrected chi connectivity index (χ4v) is 7.43. The van der Waals surface area contributed by atoms with Gasteiger partial charge in [-0.2, -0.15) is 0 Å². The molecule has 2 aromatic heterocycles. The summed E-state index contributed by atoms with van der Waals surface area (Å²) in [5.41, 5.74) is 6.29. The molecule has 32 heavy (non-hydrogen) atoms. The lowest BCUT2D eigenvalue weighted by molar-refractivity contribution is -0.0576. The second-order valence-corrected chi connectivity index (χ2v) is 12.0. The Morgan fingerprint density at radius 1 is 1.22 bits per heavy atom. The van der Waals surface area contributed by atoms with Gasteiger partial charge >= 0.3 is 22.4 Å². The van der Waals surface area contributed by atoms with Crippen LogP contribution < -0.4 is 5.73 Å². The smallest absolute Gasteiger partial charge is 0.387 e. The number of ether oxygens (including phenoxy) is 2. The van der Waals surface area contributed by atoms with Gasteiger partial charge in [-0.15, -0.1) is 0 Å². The Hall–Kier alpha value is -0.940. The standard InChI is InChI=1S/C11H18N5O12P3S/c1-24-8-7(17)5(2-25-30(21,22)28-31(23,32)27-29(18,19)20)26-11(8)16-4-15-6-9(12)13-3-14-10(6)16/h3-5,7-8,11,17H,2H2,1H3,(H,21,22)(H,23,32)(H2,12,13,14)(H2,18,19,20)/t5-,7-,8+,11-,31?/m1/s1. The maximum absolute atomic E-state index is 12.0. The SMILES string of the molecule is CO[C@H]1[C@H](O)[C@@H](COP(=O)(O)OP(O)(=S)OP(=O)(O)O)O[C@H]1n1cnc2c(N)ncnc21. The van der Waals surface area contributed by atoms with E-state index in [0.29, 0.717) is 0 Å². The van der Waals surface area contributed by atoms with E-state index in [-0.39, 0.29) is 17.0 Å². The Morgan fingerprint density at radius 3 is 2.53 bits per heavy atom. The molecule has 0 spiro atoms. The third-order valence-corrected chi connectivity index (χ3v) is 9.07. The van der Waals surface area contributed by atoms with Crippen LogP contribution in [0.4, 0.5) is 5.82 Å². The van der Waals surface area contributed by atoms with E-state index in [1.165, 1.54) is 24.3 Å². The molecule has 2 unspecified atom stereocenters. The van der Waals surface area contributed by atoms with Gasteiger partial charge in [0.15, 0.2) is 17.7 Å². The third-order valence-electron chi connectivity index (χ3n) is 4.06. The molecule has 0 bridgehead atoms. The summed E-state index contributed by atoms with van der Waals surface area (Å²) in [5, 5.41) is 10.5. The quantitative estimate of drug-likeness (QED) is 0.213. The van der Waals surface area contributed by atoms with Crippen LogP contribution in [0.1, 0.15) is 6.23 Å². The molecule has 0 aliphatic carbocycles. The number of hydrogen-bond acceptors (Lipinski definition) is 13. The molecule has 0 aromatic carbocycles. The summed E-state index contributed by atoms with van der Waals surface area (Å²) in [5.74, 6) is 0.108. The molecule has 21 heteroatoms. The number of aliphatic hydroxyl groups is 1. The van der Waals surface area contributed by atoms with Crippen LogP contribution in [0.3, 0.4) is 0 Å². The van der Waals surface area contributed by atoms with Crippen molar-refractivity contribution < 1.29 is 56.4 Å². The van der Waals surface area contributed by atoms with Crippen molar-refractivity contribution in [2.75, 3.05) is 19.5 Å². The molecular weight excluding hydrogens is 519 g/mol. The van der Waals surface area contributed by atoms with E-state index in [2.05, 4.69) is 39.9 Å². The molecule has 2 aromatic rings. The van der Waals surface area contributed by atoms with Crippen molar-refractivity contribution in [2.45, 2.75) is 24.5 Å². The highest BCUT2D eigenvalue weighted by Gasteiger charge is 2.47. The largest absolute Gasteiger partial charge is 0.479 e. The summed E-state index contributed by atoms with van der Waals surface area (Å²) in [6.07, 6.45) is -2.14. The van der Waals surface area contributed by atoms with E-state index in [9.17, 15) is 24.0 Å². The Morgan fingerprint density at radius 2 is 1.91 bits per heavy atom. The lowest BCUT2D eigenvalue weighted by Gasteiger charge is -2.21. The van der Waals surface area contributed by atoms with E-state index in [1.54, 1.807) is 0 Å². The summed E-state index contributed by atoms with van der Waals surface area (Å²) >= 11 is 4.26. The number of imidazole rings is 1. The minimum Gasteiger partial charge on any atom is -0.387 e. The Balaban J connectivity index is 1.73. The first-order chi connectivity index (χ1) is 14.7. The zero-order chi connectivity index (χ0) is 23.9. The maximum atomic E-state index is 12.0. The van der Waals surface area contributed by atoms with Crippen LogP contribution in [-0.4, -0.2) is 76.2 Å². The Bertz CT molecular complexity index is 1130. The first-order valence-corrected chi connectivity index (χ1v) is 13.9. The number of nitrogens with zero attached hydrogens (tertiary/aromatic N) is 4. The summed E-state index contributed by atoms with van der Waals surface area (Å²) < 4.78 is 47.7. The predicted octanol–water partition coefficient (Wildman–Crippen LogP) is -0.859. The number of hydrogen-bond donors (Lipinski definition) is 6. The van der Waals surface area contributed by atoms with Crippen LogP contribution in [0, 0.1) is 0 Å². The van der Waals surface area contributed by atoms with E-state index < -0.39 is 53.5 Å². The number of rotatable bonds is 9. The average Bonchev–Trinajstić information content (AvgIpc) is 3.18. The van der Waals surface area contributed by atoms with Gasteiger partial charge in [-0.3, -0.25) is 9.09 Å². The summed E-state index contributed by atoms with van der Waals surface area (Å²) in [6.45, 7) is -5.63. The molecule has 17 nitrogen and oxygen atoms in total. The minimum absolute atomic E-state index is 0.108. The maximum Gasteiger partial charge on any atom is 0.479 e. The van der Waals surface area contributed by atoms with Gasteiger partial charge in [-0.1, -0.05) is 0 Å². The molecule has 3 heterocycles. The minimum atomic E-state index is -5.32. The average molecular weight is 537 g/mol. The Labute approximate surface area is 184 Å². The first-order valence-electron chi connectivity index (χ1n) is 8.31. The van der Waals surface area contributed by atoms with Gasteiger partial charge in [0.1, 0.15) is 30.2 Å². The van der Waals surface area contributed by atoms with Gasteiger partial charge in [0.05, 0.1) is 12.9 Å². The zero-order valence-corrected chi connectivity index (χ0v) is 19.4. The number of phosphoric acid groups is 2. The molecule has 180 valence electrons. The second kappa shape index (κ2) is 9.37. The topological polar surface area (TPSA) is 251 Å². The van der Waals surface area contributed by atoms with E-state index in [0.717, 1.165) is 0 Å². The number of aromatic nitrogens is 4. The fraction of sp³-hybridized carbons (Fsp3) is 0.545. The zero-order valence-electron chi connectivity index (χ0n) is 15.9. The van der Waals surface area contributed by atoms with Crippen molar-refractivity contribution in [1.29, 1.82) is 0 Å². The van der Waals surface area contributed by atoms with Crippen molar-refractivity contribution in [3.63, 3.8) is 0 Å². The Kier molecular flexibility index (Phi) is 7.52. The monoisotopic (exact) mass is 537 g/mol. The molecular formula is C11H18N5O12P3S. The van der Waals surface area contributed by atoms with Crippen LogP contribution in [0.5, 0.6) is 0 Å². The van der Waals surface area contributed by atoms with Crippen LogP contribution in [0.15, 0.2) is 12.7 Å². The van der Waals surface area contributed by atoms with Gasteiger partial charge in [-0.25, -0.2) is 32.7 Å². The summed E-state index contributed by atoms with van der Waals surface area (Å²) in [7, 11) is -9.23. The number of anilines is 1. The van der Waals surface area contributed by atoms with E-state index in [1.807, 2.05) is 0 Å². The normalized spacial score (nSPS) is 27.9. The van der Waals surface area contributed by atoms with Crippen molar-refractivity contribution in [3.8, 4) is 0 Å². The van der Waals surface area contributed by atoms with Crippen LogP contribution in [0.25, 0.3) is 11.2 Å². The van der Waals surface area contributed by atoms with Gasteiger partial charge in [-0.05, 0) is 11.8 Å². The summed E-state index contributed by atoms with van der Waals surface area (Å²) in [6, 6.07) is 0. The number of nitrogen functional groups attached to an aromatic ring is 1. The lowest BCUT2D eigenvalue weighted by Crippen LogP contribution is -2.35. The van der Waals surface area contributed by atoms with Crippen LogP contribution in [-0.2, 0) is 43.6 Å². The molecule has 6 atom stereocenters. The highest BCUT2D eigenvalue weighted by molar-refractivity contribution is 8.09. The van der Waals surface area contributed by atoms with Crippen molar-refractivity contribution in [2.24, 2.45) is 0 Å². The molecule has 0 saturated carbocycles. The van der Waals surface area contributed by atoms with Gasteiger partial charge in [0.2, 0.25) is 0 Å². The molecule has 1 saturated heterocycles. The number of phosphoric ester groups is 1. The number of fused-ring (bicyclic) bond motifs is 1. The van der Waals surface area contributed by atoms with E-state index in [4.69, 9.17) is 25.0 Å². The molecule has 7 N–H and O–H groups in total. The lowest BCUT2D eigenvalue weighted by atomic mass is 10.1. The predicted molar refractivity (Wildman–Crippen MR) is 107 cm³/mol. The van der Waals surface area contributed by atoms with Crippen LogP contribution in [0.2, 0.25) is 0 Å². The molecule has 1 fully saturated rings. The third kappa shape index (κ3) is 5.94. The molecule has 1 aliphatic heterocycles. The highest BCUT2D eigenvalue weighted by atomic mass is 32.5. The molecule has 0 radical (unpaired) electrons. The molecule has 1 aliphatic rings.